The largest absolute Gasteiger partial charge is 0.380 e. The third-order valence-electron chi connectivity index (χ3n) is 4.19. The Kier molecular flexibility index (Phi) is 3.64. The topological polar surface area (TPSA) is 24.5 Å². The van der Waals surface area contributed by atoms with Crippen LogP contribution >= 0.6 is 0 Å². The van der Waals surface area contributed by atoms with Crippen molar-refractivity contribution in [3.05, 3.63) is 34.9 Å². The van der Waals surface area contributed by atoms with E-state index >= 15 is 0 Å². The van der Waals surface area contributed by atoms with E-state index in [4.69, 9.17) is 4.74 Å². The van der Waals surface area contributed by atoms with Gasteiger partial charge in [-0.05, 0) is 36.1 Å². The van der Waals surface area contributed by atoms with Crippen molar-refractivity contribution in [1.82, 2.24) is 10.2 Å². The van der Waals surface area contributed by atoms with Gasteiger partial charge in [0.15, 0.2) is 0 Å². The Morgan fingerprint density at radius 2 is 2.39 bits per heavy atom. The van der Waals surface area contributed by atoms with Crippen molar-refractivity contribution in [3.8, 4) is 0 Å². The standard InChI is InChI=1S/C15H22N2O/c1-18-14-6-8-17(11-14)10-13-4-2-3-12-9-16-7-5-15(12)13/h2-4,14,16H,5-11H2,1H3/t14-/m0/s1. The molecule has 0 bridgehead atoms. The van der Waals surface area contributed by atoms with Crippen molar-refractivity contribution < 1.29 is 4.74 Å². The second-order valence-electron chi connectivity index (χ2n) is 5.36. The summed E-state index contributed by atoms with van der Waals surface area (Å²) in [6.45, 7) is 5.48. The fourth-order valence-electron chi connectivity index (χ4n) is 3.13. The van der Waals surface area contributed by atoms with Gasteiger partial charge in [-0.15, -0.1) is 0 Å². The van der Waals surface area contributed by atoms with Crippen LogP contribution in [0, 0.1) is 0 Å². The van der Waals surface area contributed by atoms with E-state index in [1.807, 2.05) is 7.11 Å². The molecule has 1 aromatic rings. The number of fused-ring (bicyclic) bond motifs is 1. The number of nitrogens with zero attached hydrogens (tertiary/aromatic N) is 1. The molecule has 2 aliphatic heterocycles. The van der Waals surface area contributed by atoms with E-state index in [1.54, 1.807) is 5.56 Å². The van der Waals surface area contributed by atoms with Gasteiger partial charge >= 0.3 is 0 Å². The van der Waals surface area contributed by atoms with E-state index in [9.17, 15) is 0 Å². The minimum Gasteiger partial charge on any atom is -0.380 e. The summed E-state index contributed by atoms with van der Waals surface area (Å²) in [6.07, 6.45) is 2.78. The lowest BCUT2D eigenvalue weighted by molar-refractivity contribution is 0.107. The van der Waals surface area contributed by atoms with Crippen molar-refractivity contribution in [1.29, 1.82) is 0 Å². The maximum atomic E-state index is 5.44. The van der Waals surface area contributed by atoms with Gasteiger partial charge in [-0.3, -0.25) is 4.90 Å². The summed E-state index contributed by atoms with van der Waals surface area (Å²) in [4.78, 5) is 2.52. The quantitative estimate of drug-likeness (QED) is 0.876. The Balaban J connectivity index is 1.73. The van der Waals surface area contributed by atoms with Gasteiger partial charge < -0.3 is 10.1 Å². The van der Waals surface area contributed by atoms with Gasteiger partial charge in [0.25, 0.3) is 0 Å². The Labute approximate surface area is 109 Å². The van der Waals surface area contributed by atoms with Crippen molar-refractivity contribution in [2.75, 3.05) is 26.7 Å². The highest BCUT2D eigenvalue weighted by Gasteiger charge is 2.23. The number of hydrogen-bond donors (Lipinski definition) is 1. The number of ether oxygens (including phenoxy) is 1. The van der Waals surface area contributed by atoms with Crippen molar-refractivity contribution in [2.45, 2.75) is 32.0 Å². The number of benzene rings is 1. The van der Waals surface area contributed by atoms with E-state index < -0.39 is 0 Å². The molecule has 0 aliphatic carbocycles. The molecule has 0 amide bonds. The summed E-state index contributed by atoms with van der Waals surface area (Å²) in [7, 11) is 1.82. The van der Waals surface area contributed by atoms with Gasteiger partial charge in [0.1, 0.15) is 0 Å². The summed E-state index contributed by atoms with van der Waals surface area (Å²) >= 11 is 0. The van der Waals surface area contributed by atoms with Crippen LogP contribution in [0.1, 0.15) is 23.1 Å². The average Bonchev–Trinajstić information content (AvgIpc) is 2.87. The highest BCUT2D eigenvalue weighted by atomic mass is 16.5. The molecule has 0 unspecified atom stereocenters. The van der Waals surface area contributed by atoms with E-state index in [0.29, 0.717) is 6.10 Å². The summed E-state index contributed by atoms with van der Waals surface area (Å²) in [5.74, 6) is 0. The molecule has 2 heterocycles. The van der Waals surface area contributed by atoms with Crippen LogP contribution in [0.4, 0.5) is 0 Å². The molecule has 3 heteroatoms. The Hall–Kier alpha value is -0.900. The van der Waals surface area contributed by atoms with Crippen LogP contribution in [-0.4, -0.2) is 37.7 Å². The molecule has 1 atom stereocenters. The lowest BCUT2D eigenvalue weighted by Crippen LogP contribution is -2.27. The van der Waals surface area contributed by atoms with Gasteiger partial charge in [0, 0.05) is 33.3 Å². The first kappa shape index (κ1) is 12.2. The number of likely N-dealkylation sites (tertiary alicyclic amines) is 1. The first-order chi connectivity index (χ1) is 8.86. The minimum atomic E-state index is 0.436. The molecule has 0 saturated carbocycles. The van der Waals surface area contributed by atoms with Crippen LogP contribution in [0.25, 0.3) is 0 Å². The van der Waals surface area contributed by atoms with Gasteiger partial charge in [0.2, 0.25) is 0 Å². The first-order valence-electron chi connectivity index (χ1n) is 6.92. The van der Waals surface area contributed by atoms with E-state index in [1.165, 1.54) is 30.5 Å². The third kappa shape index (κ3) is 2.44. The number of nitrogens with one attached hydrogen (secondary N) is 1. The van der Waals surface area contributed by atoms with Crippen LogP contribution in [0.5, 0.6) is 0 Å². The predicted molar refractivity (Wildman–Crippen MR) is 72.5 cm³/mol. The summed E-state index contributed by atoms with van der Waals surface area (Å²) in [6, 6.07) is 6.75. The molecule has 3 nitrogen and oxygen atoms in total. The molecule has 2 aliphatic rings. The summed E-state index contributed by atoms with van der Waals surface area (Å²) in [5, 5.41) is 3.44. The fourth-order valence-corrected chi connectivity index (χ4v) is 3.13. The third-order valence-corrected chi connectivity index (χ3v) is 4.19. The molecule has 98 valence electrons. The molecule has 18 heavy (non-hydrogen) atoms. The Morgan fingerprint density at radius 3 is 3.22 bits per heavy atom. The maximum Gasteiger partial charge on any atom is 0.0710 e. The molecule has 1 saturated heterocycles. The number of rotatable bonds is 3. The van der Waals surface area contributed by atoms with E-state index in [2.05, 4.69) is 28.4 Å². The van der Waals surface area contributed by atoms with Crippen LogP contribution < -0.4 is 5.32 Å². The molecule has 1 aromatic carbocycles. The highest BCUT2D eigenvalue weighted by Crippen LogP contribution is 2.22. The van der Waals surface area contributed by atoms with E-state index in [0.717, 1.165) is 26.2 Å². The smallest absolute Gasteiger partial charge is 0.0710 e. The molecule has 0 radical (unpaired) electrons. The molecule has 0 aromatic heterocycles. The lowest BCUT2D eigenvalue weighted by Gasteiger charge is -2.23. The van der Waals surface area contributed by atoms with Gasteiger partial charge in [-0.1, -0.05) is 18.2 Å². The second-order valence-corrected chi connectivity index (χ2v) is 5.36. The Morgan fingerprint density at radius 1 is 1.44 bits per heavy atom. The van der Waals surface area contributed by atoms with Gasteiger partial charge in [-0.2, -0.15) is 0 Å². The van der Waals surface area contributed by atoms with Crippen LogP contribution in [0.3, 0.4) is 0 Å². The zero-order chi connectivity index (χ0) is 12.4. The second kappa shape index (κ2) is 5.39. The zero-order valence-electron chi connectivity index (χ0n) is 11.1. The van der Waals surface area contributed by atoms with E-state index in [-0.39, 0.29) is 0 Å². The van der Waals surface area contributed by atoms with Gasteiger partial charge in [-0.25, -0.2) is 0 Å². The normalized spacial score (nSPS) is 24.2. The van der Waals surface area contributed by atoms with Crippen LogP contribution in [0.2, 0.25) is 0 Å². The van der Waals surface area contributed by atoms with Crippen molar-refractivity contribution in [2.24, 2.45) is 0 Å². The SMILES string of the molecule is CO[C@H]1CCN(Cc2cccc3c2CCNC3)C1. The van der Waals surface area contributed by atoms with Gasteiger partial charge in [0.05, 0.1) is 6.10 Å². The lowest BCUT2D eigenvalue weighted by atomic mass is 9.95. The zero-order valence-corrected chi connectivity index (χ0v) is 11.1. The summed E-state index contributed by atoms with van der Waals surface area (Å²) in [5.41, 5.74) is 4.59. The molecule has 1 N–H and O–H groups in total. The monoisotopic (exact) mass is 246 g/mol. The van der Waals surface area contributed by atoms with Crippen molar-refractivity contribution >= 4 is 0 Å². The summed E-state index contributed by atoms with van der Waals surface area (Å²) < 4.78 is 5.44. The predicted octanol–water partition coefficient (Wildman–Crippen LogP) is 1.55. The fraction of sp³-hybridized carbons (Fsp3) is 0.600. The first-order valence-corrected chi connectivity index (χ1v) is 6.92. The molecule has 0 spiro atoms. The minimum absolute atomic E-state index is 0.436. The highest BCUT2D eigenvalue weighted by molar-refractivity contribution is 5.37. The maximum absolute atomic E-state index is 5.44. The average molecular weight is 246 g/mol. The molecule has 3 rings (SSSR count). The molecular weight excluding hydrogens is 224 g/mol. The van der Waals surface area contributed by atoms with Crippen LogP contribution in [-0.2, 0) is 24.2 Å². The van der Waals surface area contributed by atoms with Crippen LogP contribution in [0.15, 0.2) is 18.2 Å². The number of methoxy groups -OCH3 is 1. The Bertz CT molecular complexity index is 419. The molecule has 1 fully saturated rings. The van der Waals surface area contributed by atoms with Crippen molar-refractivity contribution in [3.63, 3.8) is 0 Å². The molecular formula is C15H22N2O. The number of hydrogen-bond acceptors (Lipinski definition) is 3.